The Kier molecular flexibility index (Phi) is 4.58. The van der Waals surface area contributed by atoms with Gasteiger partial charge in [0.05, 0.1) is 24.5 Å². The molecule has 1 saturated heterocycles. The summed E-state index contributed by atoms with van der Waals surface area (Å²) in [5.41, 5.74) is 3.26. The van der Waals surface area contributed by atoms with Gasteiger partial charge in [0.2, 0.25) is 0 Å². The summed E-state index contributed by atoms with van der Waals surface area (Å²) in [5.74, 6) is -0.0736. The van der Waals surface area contributed by atoms with Crippen LogP contribution in [0.15, 0.2) is 6.20 Å². The summed E-state index contributed by atoms with van der Waals surface area (Å²) in [5, 5.41) is 5.10. The third-order valence-electron chi connectivity index (χ3n) is 4.80. The van der Waals surface area contributed by atoms with E-state index in [2.05, 4.69) is 5.10 Å². The van der Waals surface area contributed by atoms with E-state index in [1.807, 2.05) is 17.9 Å². The summed E-state index contributed by atoms with van der Waals surface area (Å²) in [7, 11) is 3.50. The monoisotopic (exact) mass is 362 g/mol. The van der Waals surface area contributed by atoms with E-state index in [-0.39, 0.29) is 18.6 Å². The van der Waals surface area contributed by atoms with Crippen molar-refractivity contribution in [3.63, 3.8) is 0 Å². The second-order valence-electron chi connectivity index (χ2n) is 6.47. The van der Waals surface area contributed by atoms with Crippen LogP contribution < -0.4 is 4.90 Å². The minimum atomic E-state index is -0.0736. The number of anilines is 1. The topological polar surface area (TPSA) is 69.5 Å². The SMILES string of the molecule is COCC(=O)N(C[C@@H]1CCCO1)c1nc2c(s1)CCc1c-2cnn1C. The maximum absolute atomic E-state index is 12.6. The molecule has 134 valence electrons. The Morgan fingerprint density at radius 2 is 2.40 bits per heavy atom. The number of hydrogen-bond acceptors (Lipinski definition) is 6. The van der Waals surface area contributed by atoms with Crippen LogP contribution in [0.4, 0.5) is 5.13 Å². The number of hydrogen-bond donors (Lipinski definition) is 0. The van der Waals surface area contributed by atoms with E-state index in [4.69, 9.17) is 14.5 Å². The van der Waals surface area contributed by atoms with E-state index in [1.165, 1.54) is 17.7 Å². The normalized spacial score (nSPS) is 18.9. The van der Waals surface area contributed by atoms with Crippen LogP contribution in [0.25, 0.3) is 11.3 Å². The van der Waals surface area contributed by atoms with Crippen LogP contribution >= 0.6 is 11.3 Å². The predicted molar refractivity (Wildman–Crippen MR) is 94.9 cm³/mol. The molecule has 3 heterocycles. The highest BCUT2D eigenvalue weighted by Gasteiger charge is 2.29. The molecule has 0 radical (unpaired) electrons. The average Bonchev–Trinajstić information content (AvgIpc) is 3.32. The lowest BCUT2D eigenvalue weighted by Crippen LogP contribution is -2.39. The number of methoxy groups -OCH3 is 1. The molecule has 1 aliphatic carbocycles. The Balaban J connectivity index is 1.66. The van der Waals surface area contributed by atoms with Crippen LogP contribution in [-0.2, 0) is 34.2 Å². The molecule has 0 unspecified atom stereocenters. The van der Waals surface area contributed by atoms with Gasteiger partial charge in [0.25, 0.3) is 5.91 Å². The maximum atomic E-state index is 12.6. The van der Waals surface area contributed by atoms with E-state index in [9.17, 15) is 4.79 Å². The second-order valence-corrected chi connectivity index (χ2v) is 7.53. The number of rotatable bonds is 5. The van der Waals surface area contributed by atoms with Crippen molar-refractivity contribution in [2.45, 2.75) is 31.8 Å². The number of nitrogens with zero attached hydrogens (tertiary/aromatic N) is 4. The van der Waals surface area contributed by atoms with Crippen LogP contribution in [-0.4, -0.2) is 53.6 Å². The van der Waals surface area contributed by atoms with Crippen LogP contribution in [0, 0.1) is 0 Å². The molecule has 1 atom stereocenters. The maximum Gasteiger partial charge on any atom is 0.254 e. The van der Waals surface area contributed by atoms with Crippen molar-refractivity contribution in [3.8, 4) is 11.3 Å². The third kappa shape index (κ3) is 3.09. The van der Waals surface area contributed by atoms with E-state index in [0.29, 0.717) is 6.54 Å². The van der Waals surface area contributed by atoms with Gasteiger partial charge in [-0.15, -0.1) is 11.3 Å². The van der Waals surface area contributed by atoms with Crippen LogP contribution in [0.2, 0.25) is 0 Å². The fourth-order valence-electron chi connectivity index (χ4n) is 3.50. The number of carbonyl (C=O) groups is 1. The largest absolute Gasteiger partial charge is 0.376 e. The first kappa shape index (κ1) is 16.7. The number of thiazole rings is 1. The Morgan fingerprint density at radius 3 is 3.16 bits per heavy atom. The van der Waals surface area contributed by atoms with Gasteiger partial charge in [-0.3, -0.25) is 14.4 Å². The quantitative estimate of drug-likeness (QED) is 0.811. The van der Waals surface area contributed by atoms with Crippen molar-refractivity contribution in [1.29, 1.82) is 0 Å². The lowest BCUT2D eigenvalue weighted by molar-refractivity contribution is -0.122. The zero-order valence-electron chi connectivity index (χ0n) is 14.5. The lowest BCUT2D eigenvalue weighted by atomic mass is 10.0. The molecule has 8 heteroatoms. The zero-order chi connectivity index (χ0) is 17.4. The van der Waals surface area contributed by atoms with Gasteiger partial charge in [-0.1, -0.05) is 0 Å². The Labute approximate surface area is 150 Å². The summed E-state index contributed by atoms with van der Waals surface area (Å²) in [6.45, 7) is 1.36. The number of amides is 1. The van der Waals surface area contributed by atoms with Crippen molar-refractivity contribution < 1.29 is 14.3 Å². The first-order valence-electron chi connectivity index (χ1n) is 8.59. The predicted octanol–water partition coefficient (Wildman–Crippen LogP) is 1.80. The molecule has 1 amide bonds. The van der Waals surface area contributed by atoms with E-state index in [0.717, 1.165) is 48.7 Å². The summed E-state index contributed by atoms with van der Waals surface area (Å²) in [6.07, 6.45) is 5.87. The van der Waals surface area contributed by atoms with Gasteiger partial charge < -0.3 is 9.47 Å². The molecule has 2 aliphatic rings. The highest BCUT2D eigenvalue weighted by molar-refractivity contribution is 7.16. The van der Waals surface area contributed by atoms with Gasteiger partial charge >= 0.3 is 0 Å². The molecule has 0 N–H and O–H groups in total. The molecular weight excluding hydrogens is 340 g/mol. The molecule has 4 rings (SSSR count). The molecule has 0 bridgehead atoms. The van der Waals surface area contributed by atoms with Crippen LogP contribution in [0.5, 0.6) is 0 Å². The number of ether oxygens (including phenoxy) is 2. The molecule has 2 aromatic rings. The summed E-state index contributed by atoms with van der Waals surface area (Å²) >= 11 is 1.60. The first-order chi connectivity index (χ1) is 12.2. The van der Waals surface area contributed by atoms with Crippen molar-refractivity contribution in [3.05, 3.63) is 16.8 Å². The minimum Gasteiger partial charge on any atom is -0.376 e. The van der Waals surface area contributed by atoms with E-state index < -0.39 is 0 Å². The fourth-order valence-corrected chi connectivity index (χ4v) is 4.60. The van der Waals surface area contributed by atoms with Gasteiger partial charge in [0.1, 0.15) is 6.61 Å². The van der Waals surface area contributed by atoms with E-state index in [1.54, 1.807) is 16.2 Å². The van der Waals surface area contributed by atoms with Crippen molar-refractivity contribution in [2.75, 3.05) is 31.8 Å². The summed E-state index contributed by atoms with van der Waals surface area (Å²) in [6, 6.07) is 0. The Hall–Kier alpha value is -1.77. The van der Waals surface area contributed by atoms with E-state index >= 15 is 0 Å². The molecule has 7 nitrogen and oxygen atoms in total. The van der Waals surface area contributed by atoms with Gasteiger partial charge in [0.15, 0.2) is 5.13 Å². The highest BCUT2D eigenvalue weighted by Crippen LogP contribution is 2.39. The number of aryl methyl sites for hydroxylation is 2. The van der Waals surface area contributed by atoms with Crippen molar-refractivity contribution >= 4 is 22.4 Å². The van der Waals surface area contributed by atoms with Crippen molar-refractivity contribution in [1.82, 2.24) is 14.8 Å². The average molecular weight is 362 g/mol. The fraction of sp³-hybridized carbons (Fsp3) is 0.588. The minimum absolute atomic E-state index is 0.0507. The molecule has 2 aromatic heterocycles. The number of fused-ring (bicyclic) bond motifs is 3. The molecule has 0 aromatic carbocycles. The molecule has 0 saturated carbocycles. The molecule has 0 spiro atoms. The molecule has 25 heavy (non-hydrogen) atoms. The molecular formula is C17H22N4O3S. The van der Waals surface area contributed by atoms with Gasteiger partial charge in [-0.2, -0.15) is 5.10 Å². The Morgan fingerprint density at radius 1 is 1.52 bits per heavy atom. The summed E-state index contributed by atoms with van der Waals surface area (Å²) in [4.78, 5) is 20.4. The lowest BCUT2D eigenvalue weighted by Gasteiger charge is -2.22. The van der Waals surface area contributed by atoms with Gasteiger partial charge in [-0.25, -0.2) is 4.98 Å². The first-order valence-corrected chi connectivity index (χ1v) is 9.41. The van der Waals surface area contributed by atoms with Gasteiger partial charge in [0, 0.05) is 36.9 Å². The molecule has 1 aliphatic heterocycles. The van der Waals surface area contributed by atoms with Gasteiger partial charge in [-0.05, 0) is 25.7 Å². The third-order valence-corrected chi connectivity index (χ3v) is 5.94. The number of aromatic nitrogens is 3. The summed E-state index contributed by atoms with van der Waals surface area (Å²) < 4.78 is 12.7. The standard InChI is InChI=1S/C17H22N4O3S/c1-20-13-5-6-14-16(12(13)8-18-20)19-17(25-14)21(15(22)10-23-2)9-11-4-3-7-24-11/h8,11H,3-7,9-10H2,1-2H3/t11-/m0/s1. The van der Waals surface area contributed by atoms with Crippen LogP contribution in [0.1, 0.15) is 23.4 Å². The second kappa shape index (κ2) is 6.86. The van der Waals surface area contributed by atoms with Crippen LogP contribution in [0.3, 0.4) is 0 Å². The Bertz CT molecular complexity index is 779. The zero-order valence-corrected chi connectivity index (χ0v) is 15.3. The highest BCUT2D eigenvalue weighted by atomic mass is 32.1. The molecule has 1 fully saturated rings. The van der Waals surface area contributed by atoms with Crippen molar-refractivity contribution in [2.24, 2.45) is 7.05 Å². The smallest absolute Gasteiger partial charge is 0.254 e. The number of carbonyl (C=O) groups excluding carboxylic acids is 1.